The Bertz CT molecular complexity index is 1330. The number of pyridine rings is 1. The Hall–Kier alpha value is -3.15. The Labute approximate surface area is 210 Å². The number of aromatic nitrogens is 1. The summed E-state index contributed by atoms with van der Waals surface area (Å²) >= 11 is 5.74. The molecule has 3 aromatic rings. The van der Waals surface area contributed by atoms with Crippen LogP contribution in [0.2, 0.25) is 5.15 Å². The predicted octanol–water partition coefficient (Wildman–Crippen LogP) is 5.13. The second kappa shape index (κ2) is 10.5. The summed E-state index contributed by atoms with van der Waals surface area (Å²) in [5, 5.41) is 0.248. The number of para-hydroxylation sites is 1. The maximum absolute atomic E-state index is 13.8. The van der Waals surface area contributed by atoms with Crippen molar-refractivity contribution in [3.63, 3.8) is 0 Å². The molecule has 0 atom stereocenters. The fourth-order valence-electron chi connectivity index (χ4n) is 3.82. The smallest absolute Gasteiger partial charge is 0.417 e. The van der Waals surface area contributed by atoms with E-state index in [2.05, 4.69) is 9.71 Å². The van der Waals surface area contributed by atoms with Crippen molar-refractivity contribution < 1.29 is 31.1 Å². The topological polar surface area (TPSA) is 88.6 Å². The lowest BCUT2D eigenvalue weighted by Crippen LogP contribution is -2.46. The van der Waals surface area contributed by atoms with E-state index in [4.69, 9.17) is 16.3 Å². The number of hydrogen-bond acceptors (Lipinski definition) is 5. The molecule has 4 rings (SSSR count). The number of amides is 1. The molecular weight excluding hydrogens is 519 g/mol. The van der Waals surface area contributed by atoms with Gasteiger partial charge >= 0.3 is 6.18 Å². The first-order valence-corrected chi connectivity index (χ1v) is 12.8. The molecule has 1 aliphatic rings. The van der Waals surface area contributed by atoms with Gasteiger partial charge in [-0.2, -0.15) is 13.2 Å². The molecule has 1 aliphatic heterocycles. The van der Waals surface area contributed by atoms with Crippen LogP contribution >= 0.6 is 11.6 Å². The van der Waals surface area contributed by atoms with Crippen LogP contribution in [-0.4, -0.2) is 43.3 Å². The Morgan fingerprint density at radius 2 is 1.72 bits per heavy atom. The average Bonchev–Trinajstić information content (AvgIpc) is 2.84. The van der Waals surface area contributed by atoms with Gasteiger partial charge in [0.1, 0.15) is 16.7 Å². The lowest BCUT2D eigenvalue weighted by Gasteiger charge is -2.32. The van der Waals surface area contributed by atoms with Gasteiger partial charge in [0.05, 0.1) is 16.0 Å². The minimum Gasteiger partial charge on any atom is -0.457 e. The first kappa shape index (κ1) is 25.9. The number of nitrogens with zero attached hydrogens (tertiary/aromatic N) is 2. The van der Waals surface area contributed by atoms with Crippen molar-refractivity contribution in [3.8, 4) is 11.5 Å². The average molecular weight is 540 g/mol. The van der Waals surface area contributed by atoms with E-state index >= 15 is 0 Å². The molecule has 1 amide bonds. The molecule has 12 heteroatoms. The van der Waals surface area contributed by atoms with E-state index in [1.165, 1.54) is 29.3 Å². The van der Waals surface area contributed by atoms with Gasteiger partial charge in [0.15, 0.2) is 0 Å². The van der Waals surface area contributed by atoms with Gasteiger partial charge in [0.2, 0.25) is 10.0 Å². The molecule has 1 aromatic heterocycles. The minimum absolute atomic E-state index is 0.143. The van der Waals surface area contributed by atoms with Crippen LogP contribution in [0.25, 0.3) is 0 Å². The van der Waals surface area contributed by atoms with Crippen LogP contribution in [-0.2, 0) is 16.2 Å². The number of likely N-dealkylation sites (tertiary alicyclic amines) is 1. The van der Waals surface area contributed by atoms with Crippen LogP contribution in [0.15, 0.2) is 71.8 Å². The molecule has 0 saturated carbocycles. The number of carbonyl (C=O) groups excluding carboxylic acids is 1. The summed E-state index contributed by atoms with van der Waals surface area (Å²) in [6, 6.07) is 13.3. The third-order valence-corrected chi connectivity index (χ3v) is 7.41. The molecule has 1 N–H and O–H groups in total. The summed E-state index contributed by atoms with van der Waals surface area (Å²) in [7, 11) is -4.51. The fraction of sp³-hybridized carbons (Fsp3) is 0.250. The summed E-state index contributed by atoms with van der Waals surface area (Å²) in [6.45, 7) is 0.454. The van der Waals surface area contributed by atoms with E-state index in [9.17, 15) is 26.4 Å². The first-order chi connectivity index (χ1) is 17.0. The minimum atomic E-state index is -4.93. The highest BCUT2D eigenvalue weighted by Gasteiger charge is 2.39. The van der Waals surface area contributed by atoms with Crippen molar-refractivity contribution in [1.29, 1.82) is 0 Å². The molecule has 36 heavy (non-hydrogen) atoms. The molecule has 2 heterocycles. The van der Waals surface area contributed by atoms with E-state index in [1.807, 2.05) is 0 Å². The van der Waals surface area contributed by atoms with Crippen LogP contribution in [0.3, 0.4) is 0 Å². The van der Waals surface area contributed by atoms with Crippen molar-refractivity contribution in [2.45, 2.75) is 30.0 Å². The molecule has 1 saturated heterocycles. The Morgan fingerprint density at radius 3 is 2.33 bits per heavy atom. The molecule has 1 fully saturated rings. The number of nitrogens with one attached hydrogen (secondary N) is 1. The normalized spacial score (nSPS) is 15.1. The number of benzene rings is 2. The summed E-state index contributed by atoms with van der Waals surface area (Å²) in [4.78, 5) is 17.1. The second-order valence-electron chi connectivity index (χ2n) is 8.13. The lowest BCUT2D eigenvalue weighted by molar-refractivity contribution is -0.140. The number of ether oxygens (including phenoxy) is 1. The largest absolute Gasteiger partial charge is 0.457 e. The van der Waals surface area contributed by atoms with Gasteiger partial charge in [-0.15, -0.1) is 0 Å². The van der Waals surface area contributed by atoms with Crippen molar-refractivity contribution in [1.82, 2.24) is 14.6 Å². The van der Waals surface area contributed by atoms with E-state index in [-0.39, 0.29) is 42.7 Å². The van der Waals surface area contributed by atoms with Crippen molar-refractivity contribution in [2.75, 3.05) is 13.1 Å². The zero-order valence-electron chi connectivity index (χ0n) is 18.7. The summed E-state index contributed by atoms with van der Waals surface area (Å²) < 4.78 is 75.1. The van der Waals surface area contributed by atoms with Gasteiger partial charge in [0, 0.05) is 25.3 Å². The molecule has 7 nitrogen and oxygen atoms in total. The molecule has 0 unspecified atom stereocenters. The van der Waals surface area contributed by atoms with Crippen molar-refractivity contribution in [2.24, 2.45) is 0 Å². The molecular formula is C24H21ClF3N3O4S. The van der Waals surface area contributed by atoms with Crippen LogP contribution in [0.4, 0.5) is 13.2 Å². The maximum Gasteiger partial charge on any atom is 0.417 e. The van der Waals surface area contributed by atoms with Gasteiger partial charge < -0.3 is 9.64 Å². The molecule has 0 radical (unpaired) electrons. The molecule has 0 bridgehead atoms. The Balaban J connectivity index is 1.46. The number of sulfonamides is 1. The van der Waals surface area contributed by atoms with Gasteiger partial charge in [-0.25, -0.2) is 18.1 Å². The van der Waals surface area contributed by atoms with Crippen LogP contribution in [0.5, 0.6) is 11.5 Å². The van der Waals surface area contributed by atoms with Crippen LogP contribution in [0.1, 0.15) is 28.8 Å². The monoisotopic (exact) mass is 539 g/mol. The maximum atomic E-state index is 13.8. The second-order valence-corrected chi connectivity index (χ2v) is 10.2. The highest BCUT2D eigenvalue weighted by atomic mass is 35.5. The zero-order chi connectivity index (χ0) is 25.9. The number of hydrogen-bond donors (Lipinski definition) is 1. The van der Waals surface area contributed by atoms with E-state index in [0.29, 0.717) is 17.4 Å². The standard InChI is InChI=1S/C24H21ClF3N3O4S/c25-22-9-6-16(15-29-22)23(32)31-12-10-17(11-13-31)30-36(33,34)21-8-7-19(14-20(21)24(26,27)28)35-18-4-2-1-3-5-18/h1-9,14-15,17,30H,10-13H2. The fourth-order valence-corrected chi connectivity index (χ4v) is 5.45. The van der Waals surface area contributed by atoms with Crippen LogP contribution < -0.4 is 9.46 Å². The molecule has 190 valence electrons. The summed E-state index contributed by atoms with van der Waals surface area (Å²) in [5.74, 6) is -0.111. The lowest BCUT2D eigenvalue weighted by atomic mass is 10.1. The quantitative estimate of drug-likeness (QED) is 0.439. The number of piperidine rings is 1. The van der Waals surface area contributed by atoms with Gasteiger partial charge in [0.25, 0.3) is 5.91 Å². The van der Waals surface area contributed by atoms with E-state index in [0.717, 1.165) is 6.07 Å². The first-order valence-electron chi connectivity index (χ1n) is 10.9. The highest BCUT2D eigenvalue weighted by Crippen LogP contribution is 2.37. The molecule has 0 spiro atoms. The summed E-state index contributed by atoms with van der Waals surface area (Å²) in [5.41, 5.74) is -0.989. The summed E-state index contributed by atoms with van der Waals surface area (Å²) in [6.07, 6.45) is -3.10. The third kappa shape index (κ3) is 6.15. The van der Waals surface area contributed by atoms with Crippen molar-refractivity contribution in [3.05, 3.63) is 83.1 Å². The number of rotatable bonds is 6. The molecule has 0 aliphatic carbocycles. The number of alkyl halides is 3. The highest BCUT2D eigenvalue weighted by molar-refractivity contribution is 7.89. The number of carbonyl (C=O) groups is 1. The third-order valence-electron chi connectivity index (χ3n) is 5.60. The van der Waals surface area contributed by atoms with E-state index in [1.54, 1.807) is 30.3 Å². The molecule has 2 aromatic carbocycles. The Morgan fingerprint density at radius 1 is 1.03 bits per heavy atom. The van der Waals surface area contributed by atoms with Gasteiger partial charge in [-0.3, -0.25) is 4.79 Å². The Kier molecular flexibility index (Phi) is 7.53. The SMILES string of the molecule is O=C(c1ccc(Cl)nc1)N1CCC(NS(=O)(=O)c2ccc(Oc3ccccc3)cc2C(F)(F)F)CC1. The predicted molar refractivity (Wildman–Crippen MR) is 126 cm³/mol. The van der Waals surface area contributed by atoms with Gasteiger partial charge in [-0.05, 0) is 55.3 Å². The van der Waals surface area contributed by atoms with Gasteiger partial charge in [-0.1, -0.05) is 29.8 Å². The number of halogens is 4. The van der Waals surface area contributed by atoms with E-state index < -0.39 is 32.7 Å². The van der Waals surface area contributed by atoms with Crippen LogP contribution in [0, 0.1) is 0 Å². The van der Waals surface area contributed by atoms with Crippen molar-refractivity contribution >= 4 is 27.5 Å². The zero-order valence-corrected chi connectivity index (χ0v) is 20.3.